The summed E-state index contributed by atoms with van der Waals surface area (Å²) in [6.07, 6.45) is 4.72. The zero-order valence-electron chi connectivity index (χ0n) is 12.6. The second-order valence-electron chi connectivity index (χ2n) is 5.60. The number of thioether (sulfide) groups is 1. The summed E-state index contributed by atoms with van der Waals surface area (Å²) < 4.78 is 5.10. The minimum absolute atomic E-state index is 0.0600. The first kappa shape index (κ1) is 15.9. The fourth-order valence-electron chi connectivity index (χ4n) is 2.68. The Labute approximate surface area is 129 Å². The molecule has 1 saturated carbocycles. The lowest BCUT2D eigenvalue weighted by Gasteiger charge is -2.31. The Hall–Kier alpha value is -1.48. The topological polar surface area (TPSA) is 78.9 Å². The Bertz CT molecular complexity index is 522. The molecule has 2 rings (SSSR count). The summed E-state index contributed by atoms with van der Waals surface area (Å²) in [7, 11) is 0. The van der Waals surface area contributed by atoms with Gasteiger partial charge in [-0.15, -0.1) is 11.8 Å². The van der Waals surface area contributed by atoms with Crippen LogP contribution in [0.3, 0.4) is 0 Å². The third-order valence-corrected chi connectivity index (χ3v) is 4.92. The third-order valence-electron chi connectivity index (χ3n) is 3.96. The Kier molecular flexibility index (Phi) is 5.29. The van der Waals surface area contributed by atoms with Crippen molar-refractivity contribution in [2.45, 2.75) is 57.2 Å². The van der Waals surface area contributed by atoms with Gasteiger partial charge in [-0.3, -0.25) is 4.79 Å². The van der Waals surface area contributed by atoms with Gasteiger partial charge in [-0.25, -0.2) is 0 Å². The first-order chi connectivity index (χ1) is 10.1. The summed E-state index contributed by atoms with van der Waals surface area (Å²) in [5, 5.41) is 16.2. The number of hydrogen-bond acceptors (Lipinski definition) is 5. The highest BCUT2D eigenvalue weighted by atomic mass is 32.2. The van der Waals surface area contributed by atoms with Gasteiger partial charge in [0, 0.05) is 11.3 Å². The van der Waals surface area contributed by atoms with Crippen LogP contribution in [0.4, 0.5) is 0 Å². The normalized spacial score (nSPS) is 17.2. The highest BCUT2D eigenvalue weighted by Crippen LogP contribution is 2.27. The van der Waals surface area contributed by atoms with E-state index < -0.39 is 5.54 Å². The maximum Gasteiger partial charge on any atom is 0.231 e. The molecule has 0 atom stereocenters. The maximum absolute atomic E-state index is 12.1. The van der Waals surface area contributed by atoms with E-state index in [1.165, 1.54) is 11.8 Å². The van der Waals surface area contributed by atoms with Crippen LogP contribution < -0.4 is 5.32 Å². The van der Waals surface area contributed by atoms with Crippen LogP contribution in [0.1, 0.15) is 49.1 Å². The molecule has 1 heterocycles. The summed E-state index contributed by atoms with van der Waals surface area (Å²) in [5.41, 5.74) is 1.29. The molecule has 114 valence electrons. The first-order valence-corrected chi connectivity index (χ1v) is 8.43. The van der Waals surface area contributed by atoms with Crippen LogP contribution >= 0.6 is 11.8 Å². The van der Waals surface area contributed by atoms with Gasteiger partial charge in [0.15, 0.2) is 0 Å². The molecule has 0 unspecified atom stereocenters. The lowest BCUT2D eigenvalue weighted by Crippen LogP contribution is -2.49. The highest BCUT2D eigenvalue weighted by molar-refractivity contribution is 7.99. The summed E-state index contributed by atoms with van der Waals surface area (Å²) in [6, 6.07) is 2.30. The number of nitrogens with zero attached hydrogens (tertiary/aromatic N) is 2. The minimum atomic E-state index is -0.640. The van der Waals surface area contributed by atoms with Crippen LogP contribution in [-0.4, -0.2) is 22.4 Å². The Balaban J connectivity index is 1.81. The molecule has 5 nitrogen and oxygen atoms in total. The number of aromatic nitrogens is 1. The molecule has 0 bridgehead atoms. The van der Waals surface area contributed by atoms with Crippen molar-refractivity contribution in [3.63, 3.8) is 0 Å². The molecular formula is C15H21N3O2S. The number of nitrogens with one attached hydrogen (secondary N) is 1. The molecule has 0 saturated heterocycles. The quantitative estimate of drug-likeness (QED) is 0.905. The molecule has 0 spiro atoms. The average molecular weight is 307 g/mol. The molecule has 1 fully saturated rings. The van der Waals surface area contributed by atoms with Crippen molar-refractivity contribution in [1.82, 2.24) is 10.5 Å². The molecular weight excluding hydrogens is 286 g/mol. The standard InChI is InChI=1S/C15H21N3O2S/c1-11-13(12(2)20-18-11)8-21-9-14(19)17-15(10-16)6-4-3-5-7-15/h3-9H2,1-2H3,(H,17,19). The highest BCUT2D eigenvalue weighted by Gasteiger charge is 2.33. The van der Waals surface area contributed by atoms with E-state index in [1.54, 1.807) is 0 Å². The van der Waals surface area contributed by atoms with E-state index in [1.807, 2.05) is 13.8 Å². The van der Waals surface area contributed by atoms with Gasteiger partial charge in [0.05, 0.1) is 17.5 Å². The zero-order valence-corrected chi connectivity index (χ0v) is 13.4. The van der Waals surface area contributed by atoms with Crippen molar-refractivity contribution in [2.75, 3.05) is 5.75 Å². The van der Waals surface area contributed by atoms with Gasteiger partial charge in [0.1, 0.15) is 11.3 Å². The van der Waals surface area contributed by atoms with Crippen LogP contribution in [0.2, 0.25) is 0 Å². The number of carbonyl (C=O) groups is 1. The fraction of sp³-hybridized carbons (Fsp3) is 0.667. The van der Waals surface area contributed by atoms with Crippen molar-refractivity contribution in [2.24, 2.45) is 0 Å². The lowest BCUT2D eigenvalue weighted by atomic mass is 9.83. The van der Waals surface area contributed by atoms with Crippen LogP contribution in [0, 0.1) is 25.2 Å². The number of carbonyl (C=O) groups excluding carboxylic acids is 1. The van der Waals surface area contributed by atoms with Gasteiger partial charge in [0.2, 0.25) is 5.91 Å². The maximum atomic E-state index is 12.1. The monoisotopic (exact) mass is 307 g/mol. The van der Waals surface area contributed by atoms with E-state index in [4.69, 9.17) is 4.52 Å². The van der Waals surface area contributed by atoms with Gasteiger partial charge >= 0.3 is 0 Å². The van der Waals surface area contributed by atoms with Crippen molar-refractivity contribution in [3.05, 3.63) is 17.0 Å². The van der Waals surface area contributed by atoms with Crippen molar-refractivity contribution in [1.29, 1.82) is 5.26 Å². The van der Waals surface area contributed by atoms with E-state index in [2.05, 4.69) is 16.5 Å². The van der Waals surface area contributed by atoms with Gasteiger partial charge in [-0.1, -0.05) is 24.4 Å². The van der Waals surface area contributed by atoms with E-state index in [0.29, 0.717) is 11.5 Å². The van der Waals surface area contributed by atoms with Crippen molar-refractivity contribution >= 4 is 17.7 Å². The molecule has 21 heavy (non-hydrogen) atoms. The van der Waals surface area contributed by atoms with Crippen LogP contribution in [-0.2, 0) is 10.5 Å². The second kappa shape index (κ2) is 6.99. The van der Waals surface area contributed by atoms with Gasteiger partial charge in [0.25, 0.3) is 0 Å². The summed E-state index contributed by atoms with van der Waals surface area (Å²) in [5.74, 6) is 1.80. The molecule has 1 aromatic rings. The van der Waals surface area contributed by atoms with E-state index in [9.17, 15) is 10.1 Å². The van der Waals surface area contributed by atoms with E-state index >= 15 is 0 Å². The first-order valence-electron chi connectivity index (χ1n) is 7.28. The number of amides is 1. The third kappa shape index (κ3) is 4.01. The van der Waals surface area contributed by atoms with Crippen molar-refractivity contribution in [3.8, 4) is 6.07 Å². The SMILES string of the molecule is Cc1noc(C)c1CSCC(=O)NC1(C#N)CCCCC1. The molecule has 1 amide bonds. The minimum Gasteiger partial charge on any atom is -0.361 e. The Morgan fingerprint density at radius 1 is 1.43 bits per heavy atom. The Morgan fingerprint density at radius 2 is 2.14 bits per heavy atom. The lowest BCUT2D eigenvalue weighted by molar-refractivity contribution is -0.120. The van der Waals surface area contributed by atoms with Gasteiger partial charge in [-0.05, 0) is 26.7 Å². The summed E-state index contributed by atoms with van der Waals surface area (Å²) in [6.45, 7) is 3.78. The summed E-state index contributed by atoms with van der Waals surface area (Å²) >= 11 is 1.52. The molecule has 6 heteroatoms. The second-order valence-corrected chi connectivity index (χ2v) is 6.58. The zero-order chi connectivity index (χ0) is 15.3. The largest absolute Gasteiger partial charge is 0.361 e. The summed E-state index contributed by atoms with van der Waals surface area (Å²) in [4.78, 5) is 12.1. The van der Waals surface area contributed by atoms with Gasteiger partial charge < -0.3 is 9.84 Å². The number of hydrogen-bond donors (Lipinski definition) is 1. The predicted octanol–water partition coefficient (Wildman–Crippen LogP) is 2.87. The molecule has 0 aromatic carbocycles. The average Bonchev–Trinajstić information content (AvgIpc) is 2.80. The number of rotatable bonds is 5. The molecule has 0 radical (unpaired) electrons. The van der Waals surface area contributed by atoms with Crippen LogP contribution in [0.25, 0.3) is 0 Å². The smallest absolute Gasteiger partial charge is 0.231 e. The number of aryl methyl sites for hydroxylation is 2. The van der Waals surface area contributed by atoms with Crippen LogP contribution in [0.5, 0.6) is 0 Å². The van der Waals surface area contributed by atoms with Gasteiger partial charge in [-0.2, -0.15) is 5.26 Å². The Morgan fingerprint density at radius 3 is 2.71 bits per heavy atom. The molecule has 1 aromatic heterocycles. The fourth-order valence-corrected chi connectivity index (χ4v) is 3.65. The molecule has 1 N–H and O–H groups in total. The van der Waals surface area contributed by atoms with E-state index in [0.717, 1.165) is 49.1 Å². The van der Waals surface area contributed by atoms with Crippen molar-refractivity contribution < 1.29 is 9.32 Å². The van der Waals surface area contributed by atoms with E-state index in [-0.39, 0.29) is 5.91 Å². The number of nitriles is 1. The predicted molar refractivity (Wildman–Crippen MR) is 81.7 cm³/mol. The molecule has 1 aliphatic carbocycles. The molecule has 1 aliphatic rings. The van der Waals surface area contributed by atoms with Crippen LogP contribution in [0.15, 0.2) is 4.52 Å². The molecule has 0 aliphatic heterocycles.